The van der Waals surface area contributed by atoms with Crippen molar-refractivity contribution in [3.8, 4) is 0 Å². The quantitative estimate of drug-likeness (QED) is 0.865. The predicted octanol–water partition coefficient (Wildman–Crippen LogP) is 3.21. The third kappa shape index (κ3) is 2.86. The Hall–Kier alpha value is -2.43. The summed E-state index contributed by atoms with van der Waals surface area (Å²) in [5.74, 6) is -1.94. The first-order chi connectivity index (χ1) is 11.5. The van der Waals surface area contributed by atoms with Crippen LogP contribution in [0.25, 0.3) is 0 Å². The Morgan fingerprint density at radius 3 is 2.71 bits per heavy atom. The summed E-state index contributed by atoms with van der Waals surface area (Å²) in [5.41, 5.74) is 2.68. The number of halogens is 1. The summed E-state index contributed by atoms with van der Waals surface area (Å²) in [6, 6.07) is 5.93. The summed E-state index contributed by atoms with van der Waals surface area (Å²) in [7, 11) is 0. The molecule has 1 N–H and O–H groups in total. The van der Waals surface area contributed by atoms with Crippen molar-refractivity contribution in [1.29, 1.82) is 0 Å². The van der Waals surface area contributed by atoms with E-state index in [2.05, 4.69) is 11.9 Å². The van der Waals surface area contributed by atoms with Gasteiger partial charge in [-0.25, -0.2) is 4.39 Å². The number of hydrogen-bond donors (Lipinski definition) is 1. The summed E-state index contributed by atoms with van der Waals surface area (Å²) in [6.07, 6.45) is 1.98. The van der Waals surface area contributed by atoms with Crippen LogP contribution in [0.4, 0.5) is 4.39 Å². The van der Waals surface area contributed by atoms with Gasteiger partial charge >= 0.3 is 5.97 Å². The average Bonchev–Trinajstić information content (AvgIpc) is 2.55. The lowest BCUT2D eigenvalue weighted by Crippen LogP contribution is -2.41. The van der Waals surface area contributed by atoms with Gasteiger partial charge in [0.05, 0.1) is 6.61 Å². The monoisotopic (exact) mass is 329 g/mol. The van der Waals surface area contributed by atoms with Crippen molar-refractivity contribution in [3.63, 3.8) is 0 Å². The van der Waals surface area contributed by atoms with E-state index < -0.39 is 17.8 Å². The van der Waals surface area contributed by atoms with Gasteiger partial charge in [-0.3, -0.25) is 9.59 Å². The summed E-state index contributed by atoms with van der Waals surface area (Å²) < 4.78 is 18.5. The Bertz CT molecular complexity index is 721. The molecule has 2 aliphatic rings. The smallest absolute Gasteiger partial charge is 0.315 e. The number of nitrogens with one attached hydrogen (secondary N) is 1. The van der Waals surface area contributed by atoms with E-state index in [-0.39, 0.29) is 18.2 Å². The van der Waals surface area contributed by atoms with Crippen LogP contribution in [-0.4, -0.2) is 18.4 Å². The second kappa shape index (κ2) is 6.59. The SMILES string of the molecule is C=C1NC2=C(C(=O)CCC2)C(c2ccc(F)cc2)C1C(=O)OCC. The van der Waals surface area contributed by atoms with Crippen LogP contribution in [0.5, 0.6) is 0 Å². The molecule has 1 heterocycles. The number of esters is 1. The Kier molecular flexibility index (Phi) is 4.51. The Morgan fingerprint density at radius 2 is 2.04 bits per heavy atom. The van der Waals surface area contributed by atoms with Gasteiger partial charge in [0.1, 0.15) is 11.7 Å². The third-order valence-corrected chi connectivity index (χ3v) is 4.56. The first-order valence-corrected chi connectivity index (χ1v) is 8.17. The molecule has 24 heavy (non-hydrogen) atoms. The standard InChI is InChI=1S/C19H20FNO3/c1-3-24-19(23)16-11(2)21-14-5-4-6-15(22)18(14)17(16)12-7-9-13(20)10-8-12/h7-10,16-17,21H,2-6H2,1H3. The summed E-state index contributed by atoms with van der Waals surface area (Å²) in [6.45, 7) is 5.96. The van der Waals surface area contributed by atoms with Gasteiger partial charge in [-0.2, -0.15) is 0 Å². The maximum atomic E-state index is 13.3. The van der Waals surface area contributed by atoms with Crippen LogP contribution in [0.2, 0.25) is 0 Å². The molecule has 0 saturated carbocycles. The van der Waals surface area contributed by atoms with Gasteiger partial charge in [-0.1, -0.05) is 18.7 Å². The van der Waals surface area contributed by atoms with Crippen LogP contribution in [0.1, 0.15) is 37.7 Å². The van der Waals surface area contributed by atoms with Crippen molar-refractivity contribution in [1.82, 2.24) is 5.32 Å². The van der Waals surface area contributed by atoms with E-state index in [0.29, 0.717) is 17.7 Å². The highest BCUT2D eigenvalue weighted by molar-refractivity contribution is 6.00. The summed E-state index contributed by atoms with van der Waals surface area (Å²) in [5, 5.41) is 3.14. The number of hydrogen-bond acceptors (Lipinski definition) is 4. The van der Waals surface area contributed by atoms with E-state index >= 15 is 0 Å². The predicted molar refractivity (Wildman–Crippen MR) is 87.4 cm³/mol. The van der Waals surface area contributed by atoms with E-state index in [1.165, 1.54) is 12.1 Å². The fourth-order valence-electron chi connectivity index (χ4n) is 3.53. The Morgan fingerprint density at radius 1 is 1.33 bits per heavy atom. The van der Waals surface area contributed by atoms with Gasteiger partial charge in [0.15, 0.2) is 5.78 Å². The molecule has 1 aliphatic carbocycles. The molecule has 1 aromatic carbocycles. The minimum absolute atomic E-state index is 0.0277. The number of allylic oxidation sites excluding steroid dienone is 2. The maximum absolute atomic E-state index is 13.3. The number of carbonyl (C=O) groups excluding carboxylic acids is 2. The zero-order chi connectivity index (χ0) is 17.3. The highest BCUT2D eigenvalue weighted by Crippen LogP contribution is 2.44. The molecule has 0 spiro atoms. The number of Topliss-reactive ketones (excluding diaryl/α,β-unsaturated/α-hetero) is 1. The van der Waals surface area contributed by atoms with Crippen LogP contribution >= 0.6 is 0 Å². The lowest BCUT2D eigenvalue weighted by Gasteiger charge is -2.38. The van der Waals surface area contributed by atoms with Crippen LogP contribution in [0.15, 0.2) is 47.8 Å². The molecule has 1 aliphatic heterocycles. The molecule has 0 saturated heterocycles. The van der Waals surface area contributed by atoms with Crippen molar-refractivity contribution in [2.45, 2.75) is 32.1 Å². The molecule has 2 atom stereocenters. The molecular weight excluding hydrogens is 309 g/mol. The number of rotatable bonds is 3. The topological polar surface area (TPSA) is 55.4 Å². The van der Waals surface area contributed by atoms with E-state index in [1.54, 1.807) is 19.1 Å². The number of ketones is 1. The van der Waals surface area contributed by atoms with E-state index in [4.69, 9.17) is 4.74 Å². The van der Waals surface area contributed by atoms with Crippen LogP contribution in [0.3, 0.4) is 0 Å². The largest absolute Gasteiger partial charge is 0.465 e. The molecule has 3 rings (SSSR count). The Labute approximate surface area is 140 Å². The van der Waals surface area contributed by atoms with E-state index in [0.717, 1.165) is 24.1 Å². The highest BCUT2D eigenvalue weighted by Gasteiger charge is 2.43. The number of benzene rings is 1. The first-order valence-electron chi connectivity index (χ1n) is 8.17. The van der Waals surface area contributed by atoms with Gasteiger partial charge in [0.2, 0.25) is 0 Å². The molecule has 0 fully saturated rings. The van der Waals surface area contributed by atoms with Crippen molar-refractivity contribution >= 4 is 11.8 Å². The van der Waals surface area contributed by atoms with Crippen molar-refractivity contribution in [2.24, 2.45) is 5.92 Å². The molecule has 4 nitrogen and oxygen atoms in total. The fourth-order valence-corrected chi connectivity index (χ4v) is 3.53. The molecule has 126 valence electrons. The lowest BCUT2D eigenvalue weighted by molar-refractivity contribution is -0.147. The van der Waals surface area contributed by atoms with Crippen molar-refractivity contribution in [2.75, 3.05) is 6.61 Å². The zero-order valence-electron chi connectivity index (χ0n) is 13.6. The molecule has 0 radical (unpaired) electrons. The van der Waals surface area contributed by atoms with E-state index in [1.807, 2.05) is 0 Å². The lowest BCUT2D eigenvalue weighted by atomic mass is 9.71. The molecule has 0 bridgehead atoms. The highest BCUT2D eigenvalue weighted by atomic mass is 19.1. The van der Waals surface area contributed by atoms with Crippen LogP contribution < -0.4 is 5.32 Å². The number of ether oxygens (including phenoxy) is 1. The fraction of sp³-hybridized carbons (Fsp3) is 0.368. The number of carbonyl (C=O) groups is 2. The molecule has 0 aromatic heterocycles. The molecule has 5 heteroatoms. The third-order valence-electron chi connectivity index (χ3n) is 4.56. The summed E-state index contributed by atoms with van der Waals surface area (Å²) >= 11 is 0. The molecule has 1 aromatic rings. The van der Waals surface area contributed by atoms with Gasteiger partial charge in [0, 0.05) is 29.3 Å². The van der Waals surface area contributed by atoms with Crippen molar-refractivity contribution in [3.05, 3.63) is 59.2 Å². The van der Waals surface area contributed by atoms with Crippen LogP contribution in [0, 0.1) is 11.7 Å². The van der Waals surface area contributed by atoms with E-state index in [9.17, 15) is 14.0 Å². The molecule has 0 amide bonds. The minimum atomic E-state index is -0.698. The van der Waals surface area contributed by atoms with Gasteiger partial charge in [-0.15, -0.1) is 0 Å². The normalized spacial score (nSPS) is 23.6. The second-order valence-corrected chi connectivity index (χ2v) is 6.08. The minimum Gasteiger partial charge on any atom is -0.465 e. The van der Waals surface area contributed by atoms with Crippen molar-refractivity contribution < 1.29 is 18.7 Å². The molecule has 2 unspecified atom stereocenters. The second-order valence-electron chi connectivity index (χ2n) is 6.08. The zero-order valence-corrected chi connectivity index (χ0v) is 13.6. The average molecular weight is 329 g/mol. The van der Waals surface area contributed by atoms with Gasteiger partial charge in [-0.05, 0) is 37.5 Å². The van der Waals surface area contributed by atoms with Crippen LogP contribution in [-0.2, 0) is 14.3 Å². The summed E-state index contributed by atoms with van der Waals surface area (Å²) in [4.78, 5) is 25.1. The first kappa shape index (κ1) is 16.4. The van der Waals surface area contributed by atoms with Gasteiger partial charge < -0.3 is 10.1 Å². The maximum Gasteiger partial charge on any atom is 0.315 e. The molecular formula is C19H20FNO3. The van der Waals surface area contributed by atoms with Gasteiger partial charge in [0.25, 0.3) is 0 Å². The Balaban J connectivity index is 2.13.